The molecule has 1 saturated heterocycles. The number of nitrogens with one attached hydrogen (secondary N) is 1. The van der Waals surface area contributed by atoms with Crippen molar-refractivity contribution in [1.29, 1.82) is 0 Å². The fraction of sp³-hybridized carbons (Fsp3) is 0.519. The standard InChI is InChI=1S/C27H33N7O2S/c1-17(35)29-27-30-22-10-9-21-23(19-4-3-11-28-16-19)31-34(24(21)25(22)37-27)20-7-5-18(6-8-20)26(36)33-14-12-32(2)13-15-33/h3-4,11,16,18,20H,5-10,12-15H2,1-2H3,(H,29,30,35). The zero-order valence-corrected chi connectivity index (χ0v) is 22.3. The van der Waals surface area contributed by atoms with Crippen molar-refractivity contribution in [3.63, 3.8) is 0 Å². The largest absolute Gasteiger partial charge is 0.340 e. The molecule has 3 aromatic heterocycles. The van der Waals surface area contributed by atoms with Crippen LogP contribution in [0.4, 0.5) is 5.13 Å². The molecule has 10 heteroatoms. The second-order valence-electron chi connectivity index (χ2n) is 10.5. The van der Waals surface area contributed by atoms with Gasteiger partial charge in [0, 0.05) is 62.5 Å². The second-order valence-corrected chi connectivity index (χ2v) is 11.5. The molecule has 0 radical (unpaired) electrons. The van der Waals surface area contributed by atoms with Gasteiger partial charge in [0.2, 0.25) is 11.8 Å². The molecule has 3 aromatic rings. The number of piperazine rings is 1. The molecular formula is C27H33N7O2S. The Labute approximate surface area is 220 Å². The van der Waals surface area contributed by atoms with E-state index in [-0.39, 0.29) is 17.9 Å². The summed E-state index contributed by atoms with van der Waals surface area (Å²) >= 11 is 1.53. The molecule has 2 amide bonds. The van der Waals surface area contributed by atoms with Gasteiger partial charge in [-0.2, -0.15) is 5.10 Å². The molecule has 0 aromatic carbocycles. The van der Waals surface area contributed by atoms with E-state index in [4.69, 9.17) is 10.1 Å². The maximum atomic E-state index is 13.2. The van der Waals surface area contributed by atoms with Crippen molar-refractivity contribution in [2.45, 2.75) is 51.5 Å². The van der Waals surface area contributed by atoms with Crippen LogP contribution in [0.2, 0.25) is 0 Å². The summed E-state index contributed by atoms with van der Waals surface area (Å²) in [6.07, 6.45) is 8.97. The number of anilines is 1. The van der Waals surface area contributed by atoms with Gasteiger partial charge in [-0.25, -0.2) is 4.98 Å². The minimum atomic E-state index is -0.112. The van der Waals surface area contributed by atoms with Crippen molar-refractivity contribution < 1.29 is 9.59 Å². The molecule has 1 aliphatic heterocycles. The summed E-state index contributed by atoms with van der Waals surface area (Å²) in [6, 6.07) is 4.25. The zero-order valence-electron chi connectivity index (χ0n) is 21.4. The minimum Gasteiger partial charge on any atom is -0.340 e. The number of likely N-dealkylation sites (N-methyl/N-ethyl adjacent to an activating group) is 1. The third-order valence-corrected chi connectivity index (χ3v) is 8.98. The number of rotatable bonds is 4. The number of aromatic nitrogens is 4. The van der Waals surface area contributed by atoms with Crippen LogP contribution in [0.3, 0.4) is 0 Å². The minimum absolute atomic E-state index is 0.106. The molecule has 1 N–H and O–H groups in total. The van der Waals surface area contributed by atoms with Crippen molar-refractivity contribution in [1.82, 2.24) is 29.5 Å². The number of carbonyl (C=O) groups excluding carboxylic acids is 2. The highest BCUT2D eigenvalue weighted by Crippen LogP contribution is 2.46. The summed E-state index contributed by atoms with van der Waals surface area (Å²) in [4.78, 5) is 39.4. The van der Waals surface area contributed by atoms with Gasteiger partial charge in [0.25, 0.3) is 0 Å². The molecule has 0 unspecified atom stereocenters. The lowest BCUT2D eigenvalue weighted by atomic mass is 9.84. The van der Waals surface area contributed by atoms with Crippen molar-refractivity contribution in [2.75, 3.05) is 38.5 Å². The molecule has 0 spiro atoms. The van der Waals surface area contributed by atoms with Crippen LogP contribution in [0.25, 0.3) is 21.8 Å². The van der Waals surface area contributed by atoms with Crippen LogP contribution in [0.1, 0.15) is 49.9 Å². The van der Waals surface area contributed by atoms with Crippen molar-refractivity contribution in [3.8, 4) is 21.8 Å². The maximum absolute atomic E-state index is 13.2. The topological polar surface area (TPSA) is 96.2 Å². The van der Waals surface area contributed by atoms with Crippen LogP contribution in [0, 0.1) is 5.92 Å². The van der Waals surface area contributed by atoms with Crippen molar-refractivity contribution in [3.05, 3.63) is 35.8 Å². The van der Waals surface area contributed by atoms with Crippen LogP contribution in [0.5, 0.6) is 0 Å². The van der Waals surface area contributed by atoms with E-state index in [0.717, 1.165) is 92.2 Å². The van der Waals surface area contributed by atoms with Gasteiger partial charge >= 0.3 is 0 Å². The highest BCUT2D eigenvalue weighted by Gasteiger charge is 2.35. The first-order valence-electron chi connectivity index (χ1n) is 13.2. The maximum Gasteiger partial charge on any atom is 0.225 e. The van der Waals surface area contributed by atoms with E-state index >= 15 is 0 Å². The molecule has 9 nitrogen and oxygen atoms in total. The Bertz CT molecular complexity index is 1300. The molecule has 6 rings (SSSR count). The van der Waals surface area contributed by atoms with Crippen LogP contribution >= 0.6 is 11.3 Å². The van der Waals surface area contributed by atoms with E-state index in [0.29, 0.717) is 11.0 Å². The lowest BCUT2D eigenvalue weighted by molar-refractivity contribution is -0.138. The van der Waals surface area contributed by atoms with Gasteiger partial charge in [-0.05, 0) is 57.7 Å². The SMILES string of the molecule is CC(=O)Nc1nc2c(s1)-c1c(c(-c3cccnc3)nn1C1CCC(C(=O)N3CCN(C)CC3)CC1)CC2. The number of carbonyl (C=O) groups is 2. The third kappa shape index (κ3) is 4.68. The number of hydrogen-bond acceptors (Lipinski definition) is 7. The highest BCUT2D eigenvalue weighted by molar-refractivity contribution is 7.19. The summed E-state index contributed by atoms with van der Waals surface area (Å²) in [6.45, 7) is 5.09. The van der Waals surface area contributed by atoms with Gasteiger partial charge in [-0.3, -0.25) is 19.3 Å². The summed E-state index contributed by atoms with van der Waals surface area (Å²) in [5.41, 5.74) is 5.39. The summed E-state index contributed by atoms with van der Waals surface area (Å²) in [5.74, 6) is 0.322. The molecule has 0 bridgehead atoms. The molecule has 3 aliphatic rings. The number of aryl methyl sites for hydroxylation is 1. The number of fused-ring (bicyclic) bond motifs is 3. The first kappa shape index (κ1) is 24.2. The van der Waals surface area contributed by atoms with Crippen LogP contribution in [-0.4, -0.2) is 74.6 Å². The fourth-order valence-corrected chi connectivity index (χ4v) is 7.07. The Morgan fingerprint density at radius 3 is 2.57 bits per heavy atom. The van der Waals surface area contributed by atoms with E-state index in [1.54, 1.807) is 6.20 Å². The highest BCUT2D eigenvalue weighted by atomic mass is 32.1. The summed E-state index contributed by atoms with van der Waals surface area (Å²) in [7, 11) is 2.12. The Morgan fingerprint density at radius 1 is 1.08 bits per heavy atom. The lowest BCUT2D eigenvalue weighted by Gasteiger charge is -2.37. The van der Waals surface area contributed by atoms with Crippen LogP contribution in [-0.2, 0) is 22.4 Å². The number of thiazole rings is 1. The molecular weight excluding hydrogens is 486 g/mol. The smallest absolute Gasteiger partial charge is 0.225 e. The molecule has 1 saturated carbocycles. The van der Waals surface area contributed by atoms with E-state index in [9.17, 15) is 9.59 Å². The number of hydrogen-bond donors (Lipinski definition) is 1. The van der Waals surface area contributed by atoms with Gasteiger partial charge in [0.05, 0.1) is 28.0 Å². The van der Waals surface area contributed by atoms with E-state index in [1.807, 2.05) is 12.3 Å². The first-order chi connectivity index (χ1) is 18.0. The monoisotopic (exact) mass is 519 g/mol. The summed E-state index contributed by atoms with van der Waals surface area (Å²) < 4.78 is 2.21. The Hall–Kier alpha value is -3.11. The van der Waals surface area contributed by atoms with Crippen molar-refractivity contribution in [2.24, 2.45) is 5.92 Å². The predicted molar refractivity (Wildman–Crippen MR) is 143 cm³/mol. The van der Waals surface area contributed by atoms with Crippen LogP contribution < -0.4 is 5.32 Å². The number of nitrogens with zero attached hydrogens (tertiary/aromatic N) is 6. The van der Waals surface area contributed by atoms with E-state index in [1.165, 1.54) is 23.8 Å². The van der Waals surface area contributed by atoms with Crippen LogP contribution in [0.15, 0.2) is 24.5 Å². The van der Waals surface area contributed by atoms with Crippen molar-refractivity contribution >= 4 is 28.3 Å². The molecule has 194 valence electrons. The van der Waals surface area contributed by atoms with Gasteiger partial charge in [0.1, 0.15) is 0 Å². The molecule has 4 heterocycles. The molecule has 37 heavy (non-hydrogen) atoms. The van der Waals surface area contributed by atoms with Gasteiger partial charge in [-0.1, -0.05) is 11.3 Å². The molecule has 2 aliphatic carbocycles. The lowest BCUT2D eigenvalue weighted by Crippen LogP contribution is -2.49. The fourth-order valence-electron chi connectivity index (χ4n) is 5.95. The third-order valence-electron chi connectivity index (χ3n) is 7.96. The number of pyridine rings is 1. The average molecular weight is 520 g/mol. The Morgan fingerprint density at radius 2 is 1.86 bits per heavy atom. The van der Waals surface area contributed by atoms with E-state index in [2.05, 4.69) is 37.9 Å². The Kier molecular flexibility index (Phi) is 6.54. The van der Waals surface area contributed by atoms with Gasteiger partial charge < -0.3 is 15.1 Å². The van der Waals surface area contributed by atoms with Gasteiger partial charge in [0.15, 0.2) is 5.13 Å². The summed E-state index contributed by atoms with van der Waals surface area (Å²) in [5, 5.41) is 8.70. The quantitative estimate of drug-likeness (QED) is 0.566. The average Bonchev–Trinajstić information content (AvgIpc) is 3.50. The first-order valence-corrected chi connectivity index (χ1v) is 14.1. The number of amides is 2. The molecule has 0 atom stereocenters. The Balaban J connectivity index is 1.29. The molecule has 2 fully saturated rings. The normalized spacial score (nSPS) is 21.8. The zero-order chi connectivity index (χ0) is 25.5. The predicted octanol–water partition coefficient (Wildman–Crippen LogP) is 3.63. The van der Waals surface area contributed by atoms with E-state index < -0.39 is 0 Å². The second kappa shape index (κ2) is 9.98. The van der Waals surface area contributed by atoms with Gasteiger partial charge in [-0.15, -0.1) is 0 Å².